The molecule has 2 N–H and O–H groups in total. The van der Waals surface area contributed by atoms with Crippen molar-refractivity contribution in [2.45, 2.75) is 26.7 Å². The highest BCUT2D eigenvalue weighted by Crippen LogP contribution is 2.31. The number of aryl methyl sites for hydroxylation is 2. The first-order valence-corrected chi connectivity index (χ1v) is 11.5. The first kappa shape index (κ1) is 20.1. The summed E-state index contributed by atoms with van der Waals surface area (Å²) in [5.41, 5.74) is 3.17. The van der Waals surface area contributed by atoms with Crippen LogP contribution in [0.2, 0.25) is 0 Å². The van der Waals surface area contributed by atoms with Crippen molar-refractivity contribution in [3.05, 3.63) is 45.3 Å². The highest BCUT2D eigenvalue weighted by Gasteiger charge is 2.24. The van der Waals surface area contributed by atoms with Crippen molar-refractivity contribution in [2.75, 3.05) is 31.5 Å². The van der Waals surface area contributed by atoms with Gasteiger partial charge in [0, 0.05) is 19.3 Å². The summed E-state index contributed by atoms with van der Waals surface area (Å²) in [6, 6.07) is 6.10. The second-order valence-corrected chi connectivity index (χ2v) is 9.41. The Morgan fingerprint density at radius 2 is 2.14 bits per heavy atom. The molecule has 2 fully saturated rings. The van der Waals surface area contributed by atoms with Crippen LogP contribution in [0.5, 0.6) is 0 Å². The number of thioether (sulfide) groups is 1. The molecule has 0 bridgehead atoms. The van der Waals surface area contributed by atoms with Crippen LogP contribution in [-0.4, -0.2) is 47.1 Å². The zero-order valence-electron chi connectivity index (χ0n) is 16.7. The van der Waals surface area contributed by atoms with Crippen molar-refractivity contribution in [2.24, 2.45) is 4.99 Å². The molecule has 6 nitrogen and oxygen atoms in total. The van der Waals surface area contributed by atoms with Gasteiger partial charge >= 0.3 is 0 Å². The van der Waals surface area contributed by atoms with Gasteiger partial charge in [0.1, 0.15) is 0 Å². The van der Waals surface area contributed by atoms with Crippen LogP contribution in [0.15, 0.2) is 34.3 Å². The molecule has 2 saturated heterocycles. The predicted octanol–water partition coefficient (Wildman–Crippen LogP) is 4.16. The number of aliphatic imine (C=N–C) groups is 1. The molecule has 1 aromatic carbocycles. The molecule has 2 aliphatic rings. The number of aromatic nitrogens is 1. The van der Waals surface area contributed by atoms with Gasteiger partial charge in [-0.1, -0.05) is 29.0 Å². The maximum Gasteiger partial charge on any atom is 0.264 e. The lowest BCUT2D eigenvalue weighted by molar-refractivity contribution is -0.115. The number of amidine groups is 1. The van der Waals surface area contributed by atoms with Gasteiger partial charge in [0.15, 0.2) is 10.3 Å². The number of amides is 1. The second kappa shape index (κ2) is 9.11. The van der Waals surface area contributed by atoms with E-state index in [-0.39, 0.29) is 5.91 Å². The van der Waals surface area contributed by atoms with Gasteiger partial charge in [-0.3, -0.25) is 4.79 Å². The second-order valence-electron chi connectivity index (χ2n) is 7.31. The molecule has 3 heterocycles. The maximum atomic E-state index is 12.3. The largest absolute Gasteiger partial charge is 0.360 e. The van der Waals surface area contributed by atoms with Gasteiger partial charge < -0.3 is 15.5 Å². The quantitative estimate of drug-likeness (QED) is 0.678. The van der Waals surface area contributed by atoms with Gasteiger partial charge in [-0.25, -0.2) is 9.98 Å². The smallest absolute Gasteiger partial charge is 0.264 e. The molecule has 1 aromatic heterocycles. The average Bonchev–Trinajstić information content (AvgIpc) is 3.41. The van der Waals surface area contributed by atoms with Crippen LogP contribution in [0.25, 0.3) is 6.08 Å². The summed E-state index contributed by atoms with van der Waals surface area (Å²) in [4.78, 5) is 25.4. The molecule has 152 valence electrons. The van der Waals surface area contributed by atoms with Gasteiger partial charge in [0.2, 0.25) is 0 Å². The van der Waals surface area contributed by atoms with Gasteiger partial charge in [0.25, 0.3) is 5.91 Å². The number of carbonyl (C=O) groups excluding carboxylic acids is 1. The van der Waals surface area contributed by atoms with E-state index in [4.69, 9.17) is 0 Å². The van der Waals surface area contributed by atoms with Crippen molar-refractivity contribution in [1.29, 1.82) is 0 Å². The zero-order chi connectivity index (χ0) is 20.2. The highest BCUT2D eigenvalue weighted by molar-refractivity contribution is 8.18. The third kappa shape index (κ3) is 5.26. The van der Waals surface area contributed by atoms with Crippen molar-refractivity contribution in [1.82, 2.24) is 15.2 Å². The Labute approximate surface area is 179 Å². The van der Waals surface area contributed by atoms with E-state index < -0.39 is 0 Å². The Bertz CT molecular complexity index is 960. The van der Waals surface area contributed by atoms with E-state index >= 15 is 0 Å². The number of hydrogen-bond donors (Lipinski definition) is 2. The molecular weight excluding hydrogens is 402 g/mol. The number of nitrogens with one attached hydrogen (secondary N) is 2. The molecule has 1 amide bonds. The first-order valence-electron chi connectivity index (χ1n) is 9.86. The number of likely N-dealkylation sites (tertiary alicyclic amines) is 1. The fraction of sp³-hybridized carbons (Fsp3) is 0.381. The summed E-state index contributed by atoms with van der Waals surface area (Å²) in [7, 11) is 0. The minimum absolute atomic E-state index is 0.115. The Hall–Kier alpha value is -2.16. The Morgan fingerprint density at radius 1 is 1.31 bits per heavy atom. The Kier molecular flexibility index (Phi) is 6.32. The zero-order valence-corrected chi connectivity index (χ0v) is 18.3. The van der Waals surface area contributed by atoms with Crippen LogP contribution in [0, 0.1) is 13.8 Å². The summed E-state index contributed by atoms with van der Waals surface area (Å²) < 4.78 is 0. The maximum absolute atomic E-state index is 12.3. The number of nitrogens with zero attached hydrogens (tertiary/aromatic N) is 3. The van der Waals surface area contributed by atoms with E-state index in [1.54, 1.807) is 11.3 Å². The fourth-order valence-electron chi connectivity index (χ4n) is 3.41. The van der Waals surface area contributed by atoms with Crippen molar-refractivity contribution >= 4 is 51.1 Å². The van der Waals surface area contributed by atoms with Crippen molar-refractivity contribution in [3.63, 3.8) is 0 Å². The SMILES string of the molecule is Cc1ccc(N=C2NC(=O)C(=Cc3cnc(NCCN4CCCC4)s3)S2)c(C)c1. The minimum Gasteiger partial charge on any atom is -0.360 e. The Balaban J connectivity index is 1.37. The lowest BCUT2D eigenvalue weighted by Crippen LogP contribution is -2.25. The van der Waals surface area contributed by atoms with E-state index in [2.05, 4.69) is 38.5 Å². The third-order valence-corrected chi connectivity index (χ3v) is 6.74. The predicted molar refractivity (Wildman–Crippen MR) is 123 cm³/mol. The van der Waals surface area contributed by atoms with Crippen LogP contribution < -0.4 is 10.6 Å². The molecule has 4 rings (SSSR count). The van der Waals surface area contributed by atoms with E-state index in [1.807, 2.05) is 31.3 Å². The molecule has 0 radical (unpaired) electrons. The fourth-order valence-corrected chi connectivity index (χ4v) is 5.10. The molecule has 0 aliphatic carbocycles. The lowest BCUT2D eigenvalue weighted by atomic mass is 10.1. The van der Waals surface area contributed by atoms with Crippen LogP contribution in [-0.2, 0) is 4.79 Å². The highest BCUT2D eigenvalue weighted by atomic mass is 32.2. The van der Waals surface area contributed by atoms with Crippen LogP contribution in [0.1, 0.15) is 28.8 Å². The van der Waals surface area contributed by atoms with E-state index in [1.165, 1.54) is 43.3 Å². The summed E-state index contributed by atoms with van der Waals surface area (Å²) >= 11 is 2.93. The number of benzene rings is 1. The van der Waals surface area contributed by atoms with Crippen LogP contribution in [0.4, 0.5) is 10.8 Å². The average molecular weight is 428 g/mol. The topological polar surface area (TPSA) is 69.6 Å². The third-order valence-electron chi connectivity index (χ3n) is 4.93. The van der Waals surface area contributed by atoms with Gasteiger partial charge in [-0.15, -0.1) is 0 Å². The summed E-state index contributed by atoms with van der Waals surface area (Å²) in [5, 5.41) is 7.75. The van der Waals surface area contributed by atoms with Gasteiger partial charge in [-0.05, 0) is 69.2 Å². The number of hydrogen-bond acceptors (Lipinski definition) is 7. The van der Waals surface area contributed by atoms with Crippen molar-refractivity contribution in [3.8, 4) is 0 Å². The van der Waals surface area contributed by atoms with E-state index in [9.17, 15) is 4.79 Å². The van der Waals surface area contributed by atoms with Gasteiger partial charge in [-0.2, -0.15) is 0 Å². The first-order chi connectivity index (χ1) is 14.1. The number of carbonyl (C=O) groups is 1. The molecule has 0 saturated carbocycles. The van der Waals surface area contributed by atoms with Crippen molar-refractivity contribution < 1.29 is 4.79 Å². The summed E-state index contributed by atoms with van der Waals surface area (Å²) in [5.74, 6) is -0.115. The standard InChI is InChI=1S/C21H25N5OS2/c1-14-5-6-17(15(2)11-14)24-21-25-19(27)18(29-21)12-16-13-23-20(28-16)22-7-10-26-8-3-4-9-26/h5-6,11-13H,3-4,7-10H2,1-2H3,(H,22,23)(H,24,25,27). The molecule has 0 spiro atoms. The monoisotopic (exact) mass is 427 g/mol. The molecule has 8 heteroatoms. The van der Waals surface area contributed by atoms with Gasteiger partial charge in [0.05, 0.1) is 15.5 Å². The van der Waals surface area contributed by atoms with Crippen LogP contribution >= 0.6 is 23.1 Å². The molecular formula is C21H25N5OS2. The number of anilines is 1. The summed E-state index contributed by atoms with van der Waals surface area (Å²) in [6.07, 6.45) is 6.31. The molecule has 2 aliphatic heterocycles. The normalized spacial score (nSPS) is 20.0. The van der Waals surface area contributed by atoms with E-state index in [0.29, 0.717) is 10.1 Å². The number of thiazole rings is 1. The van der Waals surface area contributed by atoms with E-state index in [0.717, 1.165) is 34.3 Å². The lowest BCUT2D eigenvalue weighted by Gasteiger charge is -2.13. The van der Waals surface area contributed by atoms with Crippen LogP contribution in [0.3, 0.4) is 0 Å². The molecule has 0 atom stereocenters. The minimum atomic E-state index is -0.115. The molecule has 0 unspecified atom stereocenters. The molecule has 29 heavy (non-hydrogen) atoms. The summed E-state index contributed by atoms with van der Waals surface area (Å²) in [6.45, 7) is 8.43. The molecule has 2 aromatic rings. The number of rotatable bonds is 6. The Morgan fingerprint density at radius 3 is 2.93 bits per heavy atom.